The van der Waals surface area contributed by atoms with Crippen molar-refractivity contribution in [2.75, 3.05) is 24.6 Å². The van der Waals surface area contributed by atoms with Crippen molar-refractivity contribution in [2.24, 2.45) is 34.0 Å². The van der Waals surface area contributed by atoms with E-state index in [0.29, 0.717) is 24.5 Å². The molecule has 0 spiro atoms. The number of benzene rings is 1. The van der Waals surface area contributed by atoms with Crippen molar-refractivity contribution in [1.29, 1.82) is 0 Å². The number of ether oxygens (including phenoxy) is 1. The summed E-state index contributed by atoms with van der Waals surface area (Å²) in [7, 11) is 0. The minimum atomic E-state index is -2.21. The molecule has 0 amide bonds. The number of Topliss-reactive ketones (excluding diaryl/α,β-unsaturated/α-hetero) is 1. The molecule has 6 nitrogen and oxygen atoms in total. The summed E-state index contributed by atoms with van der Waals surface area (Å²) in [6.45, 7) is 5.16. The second kappa shape index (κ2) is 8.96. The largest absolute Gasteiger partial charge is 0.458 e. The van der Waals surface area contributed by atoms with E-state index in [1.807, 2.05) is 19.1 Å². The van der Waals surface area contributed by atoms with Crippen LogP contribution in [-0.2, 0) is 19.1 Å². The lowest BCUT2D eigenvalue weighted by Crippen LogP contribution is -2.69. The molecule has 1 aromatic rings. The van der Waals surface area contributed by atoms with Gasteiger partial charge in [-0.2, -0.15) is 0 Å². The molecule has 4 aliphatic carbocycles. The van der Waals surface area contributed by atoms with Crippen LogP contribution in [0.3, 0.4) is 0 Å². The molecule has 4 fully saturated rings. The molecule has 0 radical (unpaired) electrons. The van der Waals surface area contributed by atoms with Crippen molar-refractivity contribution in [3.8, 4) is 0 Å². The Morgan fingerprint density at radius 3 is 2.55 bits per heavy atom. The molecule has 1 heterocycles. The number of allylic oxidation sites excluding steroid dienone is 4. The third-order valence-electron chi connectivity index (χ3n) is 11.3. The van der Waals surface area contributed by atoms with Gasteiger partial charge in [-0.05, 0) is 85.4 Å². The monoisotopic (exact) mass is 573 g/mol. The smallest absolute Gasteiger partial charge is 0.303 e. The Hall–Kier alpha value is -2.58. The molecule has 9 heteroatoms. The maximum atomic E-state index is 17.6. The number of alkyl halides is 2. The van der Waals surface area contributed by atoms with Crippen LogP contribution in [0.2, 0.25) is 5.02 Å². The highest BCUT2D eigenvalue weighted by Crippen LogP contribution is 2.74. The van der Waals surface area contributed by atoms with E-state index in [-0.39, 0.29) is 35.9 Å². The van der Waals surface area contributed by atoms with E-state index in [4.69, 9.17) is 16.3 Å². The van der Waals surface area contributed by atoms with Crippen LogP contribution >= 0.6 is 11.6 Å². The second-order valence-electron chi connectivity index (χ2n) is 12.8. The Labute approximate surface area is 237 Å². The Morgan fingerprint density at radius 2 is 1.88 bits per heavy atom. The van der Waals surface area contributed by atoms with Gasteiger partial charge in [0.1, 0.15) is 6.17 Å². The number of hydrogen-bond donors (Lipinski definition) is 1. The Bertz CT molecular complexity index is 1350. The van der Waals surface area contributed by atoms with Gasteiger partial charge < -0.3 is 14.7 Å². The summed E-state index contributed by atoms with van der Waals surface area (Å²) in [5.74, 6) is -2.71. The van der Waals surface area contributed by atoms with Crippen LogP contribution in [0, 0.1) is 34.0 Å². The standard InChI is InChI=1S/C31H34ClF2NO5/c1-17(36)40-15-27(39)30-16-35(20-6-4-19(32)5-7-20)14-18(30)10-22-23-12-25(33)24-11-21(37)8-9-28(24,2)31(23,34)26(38)13-29(22,30)3/h4-9,11,18,22-23,25-26,38H,10,12-16H2,1-3H3/t18-,22-,23-,25-,26-,28-,29-,30+,31-/m0/s1. The number of ketones is 2. The van der Waals surface area contributed by atoms with Gasteiger partial charge in [0.2, 0.25) is 0 Å². The van der Waals surface area contributed by atoms with Crippen molar-refractivity contribution in [3.05, 3.63) is 53.1 Å². The molecule has 0 bridgehead atoms. The molecule has 40 heavy (non-hydrogen) atoms. The number of carbonyl (C=O) groups excluding carboxylic acids is 3. The van der Waals surface area contributed by atoms with Gasteiger partial charge in [0.05, 0.1) is 11.5 Å². The van der Waals surface area contributed by atoms with Gasteiger partial charge in [-0.3, -0.25) is 14.4 Å². The molecule has 5 aliphatic rings. The average Bonchev–Trinajstić information content (AvgIpc) is 3.39. The summed E-state index contributed by atoms with van der Waals surface area (Å²) in [4.78, 5) is 40.0. The van der Waals surface area contributed by atoms with Crippen LogP contribution in [0.1, 0.15) is 40.0 Å². The van der Waals surface area contributed by atoms with E-state index in [9.17, 15) is 19.5 Å². The van der Waals surface area contributed by atoms with Gasteiger partial charge >= 0.3 is 5.97 Å². The van der Waals surface area contributed by atoms with Gasteiger partial charge in [0.25, 0.3) is 0 Å². The first-order valence-electron chi connectivity index (χ1n) is 13.9. The normalized spacial score (nSPS) is 43.4. The summed E-state index contributed by atoms with van der Waals surface area (Å²) in [6.07, 6.45) is 1.12. The van der Waals surface area contributed by atoms with Crippen LogP contribution in [-0.4, -0.2) is 60.3 Å². The number of hydrogen-bond acceptors (Lipinski definition) is 6. The topological polar surface area (TPSA) is 83.9 Å². The fourth-order valence-electron chi connectivity index (χ4n) is 9.43. The molecule has 0 unspecified atom stereocenters. The summed E-state index contributed by atoms with van der Waals surface area (Å²) in [5.41, 5.74) is -4.66. The Balaban J connectivity index is 1.44. The first kappa shape index (κ1) is 27.6. The lowest BCUT2D eigenvalue weighted by molar-refractivity contribution is -0.211. The minimum absolute atomic E-state index is 0.0109. The average molecular weight is 574 g/mol. The lowest BCUT2D eigenvalue weighted by Gasteiger charge is -2.63. The maximum Gasteiger partial charge on any atom is 0.303 e. The van der Waals surface area contributed by atoms with Crippen molar-refractivity contribution < 1.29 is 33.0 Å². The van der Waals surface area contributed by atoms with Crippen molar-refractivity contribution >= 4 is 34.8 Å². The predicted molar refractivity (Wildman–Crippen MR) is 145 cm³/mol. The second-order valence-corrected chi connectivity index (χ2v) is 13.3. The number of aliphatic hydroxyl groups excluding tert-OH is 1. The van der Waals surface area contributed by atoms with E-state index in [1.54, 1.807) is 19.1 Å². The summed E-state index contributed by atoms with van der Waals surface area (Å²) < 4.78 is 38.6. The van der Waals surface area contributed by atoms with E-state index in [2.05, 4.69) is 4.90 Å². The van der Waals surface area contributed by atoms with Crippen LogP contribution in [0.25, 0.3) is 0 Å². The van der Waals surface area contributed by atoms with Crippen LogP contribution in [0.4, 0.5) is 14.5 Å². The van der Waals surface area contributed by atoms with Gasteiger partial charge in [0, 0.05) is 42.1 Å². The number of fused-ring (bicyclic) bond motifs is 7. The van der Waals surface area contributed by atoms with E-state index in [1.165, 1.54) is 25.2 Å². The highest BCUT2D eigenvalue weighted by Gasteiger charge is 2.78. The van der Waals surface area contributed by atoms with Gasteiger partial charge in [-0.25, -0.2) is 8.78 Å². The van der Waals surface area contributed by atoms with E-state index >= 15 is 8.78 Å². The molecule has 1 saturated heterocycles. The van der Waals surface area contributed by atoms with Gasteiger partial charge in [-0.1, -0.05) is 24.6 Å². The first-order valence-corrected chi connectivity index (χ1v) is 14.3. The minimum Gasteiger partial charge on any atom is -0.458 e. The van der Waals surface area contributed by atoms with Gasteiger partial charge in [-0.15, -0.1) is 0 Å². The zero-order valence-electron chi connectivity index (χ0n) is 22.8. The van der Waals surface area contributed by atoms with E-state index in [0.717, 1.165) is 5.69 Å². The number of nitrogens with zero attached hydrogens (tertiary/aromatic N) is 1. The first-order chi connectivity index (χ1) is 18.8. The zero-order valence-corrected chi connectivity index (χ0v) is 23.6. The number of esters is 1. The molecule has 6 rings (SSSR count). The molecule has 9 atom stereocenters. The number of carbonyl (C=O) groups is 3. The Kier molecular flexibility index (Phi) is 6.18. The highest BCUT2D eigenvalue weighted by molar-refractivity contribution is 6.30. The predicted octanol–water partition coefficient (Wildman–Crippen LogP) is 4.82. The number of anilines is 1. The molecule has 214 valence electrons. The summed E-state index contributed by atoms with van der Waals surface area (Å²) in [5, 5.41) is 12.3. The van der Waals surface area contributed by atoms with Gasteiger partial charge in [0.15, 0.2) is 23.8 Å². The number of rotatable bonds is 4. The summed E-state index contributed by atoms with van der Waals surface area (Å²) >= 11 is 6.11. The van der Waals surface area contributed by atoms with Crippen molar-refractivity contribution in [1.82, 2.24) is 0 Å². The molecule has 1 aromatic carbocycles. The third-order valence-corrected chi connectivity index (χ3v) is 11.5. The maximum absolute atomic E-state index is 17.6. The van der Waals surface area contributed by atoms with Crippen LogP contribution < -0.4 is 4.90 Å². The van der Waals surface area contributed by atoms with Crippen molar-refractivity contribution in [3.63, 3.8) is 0 Å². The highest BCUT2D eigenvalue weighted by atomic mass is 35.5. The number of halogens is 3. The number of aliphatic hydroxyl groups is 1. The van der Waals surface area contributed by atoms with E-state index < -0.39 is 58.6 Å². The van der Waals surface area contributed by atoms with Crippen LogP contribution in [0.5, 0.6) is 0 Å². The molecule has 3 saturated carbocycles. The lowest BCUT2D eigenvalue weighted by atomic mass is 9.43. The summed E-state index contributed by atoms with van der Waals surface area (Å²) in [6, 6.07) is 7.33. The Morgan fingerprint density at radius 1 is 1.18 bits per heavy atom. The molecule has 0 aromatic heterocycles. The van der Waals surface area contributed by atoms with Crippen molar-refractivity contribution in [2.45, 2.75) is 58.0 Å². The fourth-order valence-corrected chi connectivity index (χ4v) is 9.55. The molecular formula is C31H34ClF2NO5. The fraction of sp³-hybridized carbons (Fsp3) is 0.581. The molecule has 1 N–H and O–H groups in total. The van der Waals surface area contributed by atoms with Crippen LogP contribution in [0.15, 0.2) is 48.1 Å². The SMILES string of the molecule is CC(=O)OCC(=O)[C@@]12CN(c3ccc(Cl)cc3)C[C@@H]1C[C@H]1[C@@H]3C[C@H](F)C4=CC(=O)C=C[C@]4(C)[C@@]3(F)[C@@H](O)C[C@@]12C. The quantitative estimate of drug-likeness (QED) is 0.520. The molecular weight excluding hydrogens is 540 g/mol. The molecule has 1 aliphatic heterocycles. The zero-order chi connectivity index (χ0) is 28.8. The third kappa shape index (κ3) is 3.44.